The van der Waals surface area contributed by atoms with E-state index in [1.165, 1.54) is 6.07 Å². The van der Waals surface area contributed by atoms with Gasteiger partial charge in [-0.25, -0.2) is 13.1 Å². The lowest BCUT2D eigenvalue weighted by atomic mass is 10.2. The molecule has 0 unspecified atom stereocenters. The molecule has 0 saturated carbocycles. The molecule has 16 heavy (non-hydrogen) atoms. The van der Waals surface area contributed by atoms with Gasteiger partial charge in [-0.1, -0.05) is 24.6 Å². The molecule has 0 aliphatic carbocycles. The van der Waals surface area contributed by atoms with Crippen LogP contribution in [0, 0.1) is 0 Å². The Balaban J connectivity index is 2.58. The molecule has 0 amide bonds. The van der Waals surface area contributed by atoms with Crippen molar-refractivity contribution in [3.63, 3.8) is 0 Å². The second-order valence-electron chi connectivity index (χ2n) is 3.57. The predicted octanol–water partition coefficient (Wildman–Crippen LogP) is 1.79. The number of para-hydroxylation sites is 1. The fraction of sp³-hybridized carbons (Fsp3) is 0.400. The first-order valence-electron chi connectivity index (χ1n) is 4.99. The van der Waals surface area contributed by atoms with Crippen molar-refractivity contribution in [2.24, 2.45) is 0 Å². The Morgan fingerprint density at radius 1 is 1.56 bits per heavy atom. The molecule has 1 aliphatic rings. The summed E-state index contributed by atoms with van der Waals surface area (Å²) >= 11 is 5.95. The van der Waals surface area contributed by atoms with Crippen LogP contribution in [0.1, 0.15) is 13.3 Å². The van der Waals surface area contributed by atoms with Crippen LogP contribution in [-0.4, -0.2) is 21.1 Å². The van der Waals surface area contributed by atoms with E-state index in [0.29, 0.717) is 11.4 Å². The average Bonchev–Trinajstić information content (AvgIpc) is 2.37. The van der Waals surface area contributed by atoms with Crippen molar-refractivity contribution in [1.29, 1.82) is 0 Å². The third kappa shape index (κ3) is 2.03. The molecule has 1 aliphatic heterocycles. The number of fused-ring (bicyclic) bond motifs is 1. The minimum Gasteiger partial charge on any atom is -0.486 e. The fourth-order valence-electron chi connectivity index (χ4n) is 1.53. The van der Waals surface area contributed by atoms with E-state index in [1.807, 2.05) is 6.92 Å². The Hall–Kier alpha value is -0.780. The Labute approximate surface area is 99.6 Å². The van der Waals surface area contributed by atoms with E-state index in [9.17, 15) is 8.42 Å². The predicted molar refractivity (Wildman–Crippen MR) is 61.3 cm³/mol. The number of nitrogens with one attached hydrogen (secondary N) is 1. The van der Waals surface area contributed by atoms with Crippen LogP contribution in [0.4, 0.5) is 0 Å². The molecule has 1 N–H and O–H groups in total. The van der Waals surface area contributed by atoms with Crippen molar-refractivity contribution in [2.75, 3.05) is 6.54 Å². The lowest BCUT2D eigenvalue weighted by molar-refractivity contribution is 0.200. The number of hydrogen-bond donors (Lipinski definition) is 1. The highest BCUT2D eigenvalue weighted by molar-refractivity contribution is 7.89. The van der Waals surface area contributed by atoms with Crippen LogP contribution in [0.15, 0.2) is 23.1 Å². The summed E-state index contributed by atoms with van der Waals surface area (Å²) in [5.41, 5.74) is 0. The molecule has 4 nitrogen and oxygen atoms in total. The Kier molecular flexibility index (Phi) is 3.10. The molecule has 0 aromatic heterocycles. The summed E-state index contributed by atoms with van der Waals surface area (Å²) in [5.74, 6) is 0.251. The summed E-state index contributed by atoms with van der Waals surface area (Å²) < 4.78 is 31.8. The molecule has 2 rings (SSSR count). The third-order valence-corrected chi connectivity index (χ3v) is 4.21. The SMILES string of the molecule is CC[C@@H]1CNS(=O)(=O)c2cccc(Cl)c2O1. The second kappa shape index (κ2) is 4.24. The zero-order chi connectivity index (χ0) is 11.8. The van der Waals surface area contributed by atoms with Gasteiger partial charge in [0.05, 0.1) is 5.02 Å². The van der Waals surface area contributed by atoms with Crippen molar-refractivity contribution in [3.8, 4) is 5.75 Å². The number of rotatable bonds is 1. The van der Waals surface area contributed by atoms with E-state index < -0.39 is 10.0 Å². The monoisotopic (exact) mass is 261 g/mol. The van der Waals surface area contributed by atoms with E-state index in [0.717, 1.165) is 0 Å². The van der Waals surface area contributed by atoms with Gasteiger partial charge in [0.2, 0.25) is 10.0 Å². The molecular formula is C10H12ClNO3S. The van der Waals surface area contributed by atoms with Gasteiger partial charge in [-0.15, -0.1) is 0 Å². The van der Waals surface area contributed by atoms with Gasteiger partial charge in [0.25, 0.3) is 0 Å². The van der Waals surface area contributed by atoms with Crippen LogP contribution in [0.2, 0.25) is 5.02 Å². The van der Waals surface area contributed by atoms with Crippen LogP contribution >= 0.6 is 11.6 Å². The Morgan fingerprint density at radius 2 is 2.31 bits per heavy atom. The number of hydrogen-bond acceptors (Lipinski definition) is 3. The van der Waals surface area contributed by atoms with Crippen LogP contribution in [0.3, 0.4) is 0 Å². The lowest BCUT2D eigenvalue weighted by Crippen LogP contribution is -2.31. The van der Waals surface area contributed by atoms with Crippen molar-refractivity contribution in [1.82, 2.24) is 4.72 Å². The first kappa shape index (κ1) is 11.7. The molecule has 1 aromatic rings. The van der Waals surface area contributed by atoms with Crippen LogP contribution in [-0.2, 0) is 10.0 Å². The topological polar surface area (TPSA) is 55.4 Å². The number of benzene rings is 1. The second-order valence-corrected chi connectivity index (χ2v) is 5.71. The summed E-state index contributed by atoms with van der Waals surface area (Å²) in [4.78, 5) is 0.107. The number of halogens is 1. The smallest absolute Gasteiger partial charge is 0.244 e. The van der Waals surface area contributed by atoms with E-state index in [1.54, 1.807) is 12.1 Å². The van der Waals surface area contributed by atoms with Crippen molar-refractivity contribution in [2.45, 2.75) is 24.3 Å². The average molecular weight is 262 g/mol. The normalized spacial score (nSPS) is 23.0. The number of sulfonamides is 1. The van der Waals surface area contributed by atoms with Gasteiger partial charge < -0.3 is 4.74 Å². The summed E-state index contributed by atoms with van der Waals surface area (Å²) in [6.45, 7) is 2.20. The molecule has 0 saturated heterocycles. The number of ether oxygens (including phenoxy) is 1. The van der Waals surface area contributed by atoms with Gasteiger partial charge in [-0.3, -0.25) is 0 Å². The Morgan fingerprint density at radius 3 is 3.00 bits per heavy atom. The van der Waals surface area contributed by atoms with Gasteiger partial charge in [0, 0.05) is 6.54 Å². The van der Waals surface area contributed by atoms with E-state index in [-0.39, 0.29) is 23.3 Å². The van der Waals surface area contributed by atoms with E-state index in [4.69, 9.17) is 16.3 Å². The minimum absolute atomic E-state index is 0.107. The molecule has 0 fully saturated rings. The first-order valence-corrected chi connectivity index (χ1v) is 6.85. The maximum atomic E-state index is 11.9. The molecule has 1 atom stereocenters. The summed E-state index contributed by atoms with van der Waals surface area (Å²) in [6.07, 6.45) is 0.531. The van der Waals surface area contributed by atoms with Crippen LogP contribution in [0.25, 0.3) is 0 Å². The summed E-state index contributed by atoms with van der Waals surface area (Å²) in [5, 5.41) is 0.322. The molecule has 1 aromatic carbocycles. The van der Waals surface area contributed by atoms with Crippen molar-refractivity contribution in [3.05, 3.63) is 23.2 Å². The first-order chi connectivity index (χ1) is 7.54. The molecule has 0 bridgehead atoms. The zero-order valence-electron chi connectivity index (χ0n) is 8.73. The van der Waals surface area contributed by atoms with Gasteiger partial charge >= 0.3 is 0 Å². The van der Waals surface area contributed by atoms with Gasteiger partial charge in [-0.2, -0.15) is 0 Å². The van der Waals surface area contributed by atoms with Crippen LogP contribution < -0.4 is 9.46 Å². The van der Waals surface area contributed by atoms with Gasteiger partial charge in [0.1, 0.15) is 11.0 Å². The Bertz CT molecular complexity index is 501. The summed E-state index contributed by atoms with van der Waals surface area (Å²) in [7, 11) is -3.50. The minimum atomic E-state index is -3.50. The van der Waals surface area contributed by atoms with E-state index in [2.05, 4.69) is 4.72 Å². The fourth-order valence-corrected chi connectivity index (χ4v) is 3.03. The standard InChI is InChI=1S/C10H12ClNO3S/c1-2-7-6-12-16(13,14)9-5-3-4-8(11)10(9)15-7/h3-5,7,12H,2,6H2,1H3/t7-/m1/s1. The highest BCUT2D eigenvalue weighted by Gasteiger charge is 2.27. The molecule has 0 spiro atoms. The van der Waals surface area contributed by atoms with Crippen LogP contribution in [0.5, 0.6) is 5.75 Å². The molecule has 0 radical (unpaired) electrons. The largest absolute Gasteiger partial charge is 0.486 e. The van der Waals surface area contributed by atoms with Gasteiger partial charge in [-0.05, 0) is 18.6 Å². The highest BCUT2D eigenvalue weighted by atomic mass is 35.5. The molecular weight excluding hydrogens is 250 g/mol. The highest BCUT2D eigenvalue weighted by Crippen LogP contribution is 2.34. The lowest BCUT2D eigenvalue weighted by Gasteiger charge is -2.14. The molecule has 6 heteroatoms. The maximum absolute atomic E-state index is 11.9. The molecule has 88 valence electrons. The van der Waals surface area contributed by atoms with Crippen molar-refractivity contribution >= 4 is 21.6 Å². The third-order valence-electron chi connectivity index (χ3n) is 2.46. The van der Waals surface area contributed by atoms with E-state index >= 15 is 0 Å². The zero-order valence-corrected chi connectivity index (χ0v) is 10.3. The maximum Gasteiger partial charge on any atom is 0.244 e. The summed E-state index contributed by atoms with van der Waals surface area (Å²) in [6, 6.07) is 4.70. The quantitative estimate of drug-likeness (QED) is 0.839. The molecule has 1 heterocycles. The van der Waals surface area contributed by atoms with Gasteiger partial charge in [0.15, 0.2) is 5.75 Å². The van der Waals surface area contributed by atoms with Crippen molar-refractivity contribution < 1.29 is 13.2 Å².